The van der Waals surface area contributed by atoms with Crippen molar-refractivity contribution in [2.75, 3.05) is 11.9 Å². The van der Waals surface area contributed by atoms with Crippen LogP contribution in [0.3, 0.4) is 0 Å². The average molecular weight is 259 g/mol. The Hall–Kier alpha value is -2.63. The van der Waals surface area contributed by atoms with Crippen LogP contribution in [-0.4, -0.2) is 32.9 Å². The van der Waals surface area contributed by atoms with Crippen molar-refractivity contribution >= 4 is 11.8 Å². The molecule has 98 valence electrons. The summed E-state index contributed by atoms with van der Waals surface area (Å²) in [7, 11) is 0. The van der Waals surface area contributed by atoms with Crippen LogP contribution >= 0.6 is 0 Å². The highest BCUT2D eigenvalue weighted by atomic mass is 16.4. The summed E-state index contributed by atoms with van der Waals surface area (Å²) in [6, 6.07) is 8.25. The molecule has 0 unspecified atom stereocenters. The van der Waals surface area contributed by atoms with Gasteiger partial charge in [0.05, 0.1) is 6.20 Å². The van der Waals surface area contributed by atoms with E-state index in [0.717, 1.165) is 5.56 Å². The molecular weight excluding hydrogens is 246 g/mol. The molecule has 1 aromatic heterocycles. The quantitative estimate of drug-likeness (QED) is 0.753. The van der Waals surface area contributed by atoms with E-state index < -0.39 is 5.97 Å². The summed E-state index contributed by atoms with van der Waals surface area (Å²) in [6.07, 6.45) is 2.03. The largest absolute Gasteiger partial charge is 0.508 e. The van der Waals surface area contributed by atoms with Crippen molar-refractivity contribution in [1.82, 2.24) is 10.2 Å². The van der Waals surface area contributed by atoms with Crippen LogP contribution in [0.2, 0.25) is 0 Å². The van der Waals surface area contributed by atoms with Crippen LogP contribution in [-0.2, 0) is 6.42 Å². The van der Waals surface area contributed by atoms with Gasteiger partial charge < -0.3 is 15.5 Å². The number of aromatic hydroxyl groups is 1. The third-order valence-electron chi connectivity index (χ3n) is 2.59. The molecule has 1 aromatic carbocycles. The zero-order valence-electron chi connectivity index (χ0n) is 10.1. The monoisotopic (exact) mass is 259 g/mol. The Bertz CT molecular complexity index is 570. The zero-order chi connectivity index (χ0) is 13.7. The summed E-state index contributed by atoms with van der Waals surface area (Å²) in [6.45, 7) is 0.531. The van der Waals surface area contributed by atoms with Crippen LogP contribution in [0.25, 0.3) is 0 Å². The highest BCUT2D eigenvalue weighted by Crippen LogP contribution is 2.12. The average Bonchev–Trinajstić information content (AvgIpc) is 2.41. The van der Waals surface area contributed by atoms with Crippen molar-refractivity contribution in [3.63, 3.8) is 0 Å². The molecule has 0 bridgehead atoms. The summed E-state index contributed by atoms with van der Waals surface area (Å²) in [4.78, 5) is 11.0. The third kappa shape index (κ3) is 3.41. The Kier molecular flexibility index (Phi) is 3.92. The maximum Gasteiger partial charge on any atom is 0.339 e. The lowest BCUT2D eigenvalue weighted by molar-refractivity contribution is 0.0697. The number of hydrogen-bond donors (Lipinski definition) is 3. The molecular formula is C13H13N3O3. The second kappa shape index (κ2) is 5.81. The molecule has 0 radical (unpaired) electrons. The van der Waals surface area contributed by atoms with E-state index in [2.05, 4.69) is 15.5 Å². The minimum Gasteiger partial charge on any atom is -0.508 e. The van der Waals surface area contributed by atoms with E-state index >= 15 is 0 Å². The SMILES string of the molecule is O=C(O)c1ccnnc1NCCc1ccc(O)cc1. The molecule has 0 atom stereocenters. The van der Waals surface area contributed by atoms with Gasteiger partial charge in [-0.3, -0.25) is 0 Å². The smallest absolute Gasteiger partial charge is 0.339 e. The predicted octanol–water partition coefficient (Wildman–Crippen LogP) is 1.53. The van der Waals surface area contributed by atoms with Crippen LogP contribution in [0.1, 0.15) is 15.9 Å². The molecule has 6 heteroatoms. The molecule has 1 heterocycles. The topological polar surface area (TPSA) is 95.3 Å². The minimum absolute atomic E-state index is 0.0979. The molecule has 0 aliphatic carbocycles. The maximum atomic E-state index is 11.0. The molecule has 0 aliphatic heterocycles. The van der Waals surface area contributed by atoms with E-state index in [0.29, 0.717) is 13.0 Å². The van der Waals surface area contributed by atoms with E-state index in [1.165, 1.54) is 12.3 Å². The number of aromatic carboxylic acids is 1. The second-order valence-electron chi connectivity index (χ2n) is 3.94. The Morgan fingerprint density at radius 1 is 1.21 bits per heavy atom. The van der Waals surface area contributed by atoms with Crippen LogP contribution < -0.4 is 5.32 Å². The molecule has 2 aromatic rings. The molecule has 3 N–H and O–H groups in total. The Morgan fingerprint density at radius 2 is 1.95 bits per heavy atom. The Balaban J connectivity index is 1.96. The van der Waals surface area contributed by atoms with Crippen LogP contribution in [0.4, 0.5) is 5.82 Å². The second-order valence-corrected chi connectivity index (χ2v) is 3.94. The fourth-order valence-electron chi connectivity index (χ4n) is 1.62. The predicted molar refractivity (Wildman–Crippen MR) is 69.3 cm³/mol. The van der Waals surface area contributed by atoms with Crippen molar-refractivity contribution in [3.8, 4) is 5.75 Å². The van der Waals surface area contributed by atoms with Gasteiger partial charge in [-0.1, -0.05) is 12.1 Å². The van der Waals surface area contributed by atoms with Gasteiger partial charge in [0, 0.05) is 6.54 Å². The van der Waals surface area contributed by atoms with E-state index in [4.69, 9.17) is 10.2 Å². The lowest BCUT2D eigenvalue weighted by atomic mass is 10.1. The molecule has 0 amide bonds. The highest BCUT2D eigenvalue weighted by Gasteiger charge is 2.10. The lowest BCUT2D eigenvalue weighted by Crippen LogP contribution is -2.11. The molecule has 2 rings (SSSR count). The fourth-order valence-corrected chi connectivity index (χ4v) is 1.62. The first-order chi connectivity index (χ1) is 9.16. The normalized spacial score (nSPS) is 10.1. The standard InChI is InChI=1S/C13H13N3O3/c17-10-3-1-9(2-4-10)5-7-14-12-11(13(18)19)6-8-15-16-12/h1-4,6,8,17H,5,7H2,(H,14,16)(H,18,19). The van der Waals surface area contributed by atoms with Crippen LogP contribution in [0, 0.1) is 0 Å². The fraction of sp³-hybridized carbons (Fsp3) is 0.154. The van der Waals surface area contributed by atoms with Crippen molar-refractivity contribution < 1.29 is 15.0 Å². The van der Waals surface area contributed by atoms with Gasteiger partial charge in [-0.2, -0.15) is 5.10 Å². The molecule has 0 fully saturated rings. The summed E-state index contributed by atoms with van der Waals surface area (Å²) in [5, 5.41) is 28.5. The van der Waals surface area contributed by atoms with Crippen molar-refractivity contribution in [3.05, 3.63) is 47.7 Å². The number of rotatable bonds is 5. The summed E-state index contributed by atoms with van der Waals surface area (Å²) >= 11 is 0. The first-order valence-electron chi connectivity index (χ1n) is 5.73. The molecule has 0 saturated heterocycles. The van der Waals surface area contributed by atoms with E-state index in [1.807, 2.05) is 12.1 Å². The minimum atomic E-state index is -1.04. The molecule has 6 nitrogen and oxygen atoms in total. The van der Waals surface area contributed by atoms with Gasteiger partial charge in [0.2, 0.25) is 0 Å². The van der Waals surface area contributed by atoms with Crippen molar-refractivity contribution in [2.45, 2.75) is 6.42 Å². The van der Waals surface area contributed by atoms with Gasteiger partial charge >= 0.3 is 5.97 Å². The number of carboxylic acid groups (broad SMARTS) is 1. The number of aromatic nitrogens is 2. The molecule has 19 heavy (non-hydrogen) atoms. The molecule has 0 saturated carbocycles. The summed E-state index contributed by atoms with van der Waals surface area (Å²) in [5.74, 6) is -0.561. The highest BCUT2D eigenvalue weighted by molar-refractivity contribution is 5.92. The number of anilines is 1. The summed E-state index contributed by atoms with van der Waals surface area (Å²) < 4.78 is 0. The molecule has 0 spiro atoms. The van der Waals surface area contributed by atoms with Crippen molar-refractivity contribution in [2.24, 2.45) is 0 Å². The van der Waals surface area contributed by atoms with E-state index in [1.54, 1.807) is 12.1 Å². The number of carboxylic acids is 1. The van der Waals surface area contributed by atoms with Gasteiger partial charge in [-0.05, 0) is 30.2 Å². The van der Waals surface area contributed by atoms with Gasteiger partial charge in [-0.25, -0.2) is 4.79 Å². The van der Waals surface area contributed by atoms with Crippen LogP contribution in [0.15, 0.2) is 36.5 Å². The first-order valence-corrected chi connectivity index (χ1v) is 5.73. The van der Waals surface area contributed by atoms with Crippen LogP contribution in [0.5, 0.6) is 5.75 Å². The maximum absolute atomic E-state index is 11.0. The van der Waals surface area contributed by atoms with E-state index in [9.17, 15) is 4.79 Å². The number of phenolic OH excluding ortho intramolecular Hbond substituents is 1. The van der Waals surface area contributed by atoms with Gasteiger partial charge in [0.25, 0.3) is 0 Å². The van der Waals surface area contributed by atoms with Crippen molar-refractivity contribution in [1.29, 1.82) is 0 Å². The zero-order valence-corrected chi connectivity index (χ0v) is 10.1. The van der Waals surface area contributed by atoms with Gasteiger partial charge in [-0.15, -0.1) is 5.10 Å². The van der Waals surface area contributed by atoms with Gasteiger partial charge in [0.15, 0.2) is 5.82 Å². The number of nitrogens with zero attached hydrogens (tertiary/aromatic N) is 2. The summed E-state index contributed by atoms with van der Waals surface area (Å²) in [5.41, 5.74) is 1.13. The lowest BCUT2D eigenvalue weighted by Gasteiger charge is -2.07. The third-order valence-corrected chi connectivity index (χ3v) is 2.59. The Morgan fingerprint density at radius 3 is 2.63 bits per heavy atom. The van der Waals surface area contributed by atoms with E-state index in [-0.39, 0.29) is 17.1 Å². The first kappa shape index (κ1) is 12.8. The Labute approximate surface area is 109 Å². The van der Waals surface area contributed by atoms with Gasteiger partial charge in [0.1, 0.15) is 11.3 Å². The number of benzene rings is 1. The number of phenols is 1. The number of nitrogens with one attached hydrogen (secondary N) is 1. The number of carbonyl (C=O) groups is 1. The number of hydrogen-bond acceptors (Lipinski definition) is 5. The molecule has 0 aliphatic rings.